The summed E-state index contributed by atoms with van der Waals surface area (Å²) in [7, 11) is 1.96. The van der Waals surface area contributed by atoms with Crippen LogP contribution in [0.25, 0.3) is 10.2 Å². The molecule has 2 heterocycles. The molecule has 0 spiro atoms. The van der Waals surface area contributed by atoms with Crippen LogP contribution in [-0.2, 0) is 0 Å². The van der Waals surface area contributed by atoms with Gasteiger partial charge in [-0.3, -0.25) is 0 Å². The molecule has 2 aromatic heterocycles. The van der Waals surface area contributed by atoms with E-state index < -0.39 is 0 Å². The fraction of sp³-hybridized carbons (Fsp3) is 0.500. The Balaban J connectivity index is 2.33. The van der Waals surface area contributed by atoms with Gasteiger partial charge in [0.15, 0.2) is 0 Å². The summed E-state index contributed by atoms with van der Waals surface area (Å²) in [5, 5.41) is 7.75. The number of aromatic nitrogens is 2. The fourth-order valence-corrected chi connectivity index (χ4v) is 2.67. The summed E-state index contributed by atoms with van der Waals surface area (Å²) in [6.45, 7) is 7.25. The molecule has 1 atom stereocenters. The number of nitrogens with one attached hydrogen (secondary N) is 2. The lowest BCUT2D eigenvalue weighted by molar-refractivity contribution is 0.637. The fourth-order valence-electron chi connectivity index (χ4n) is 1.67. The molecule has 1 unspecified atom stereocenters. The summed E-state index contributed by atoms with van der Waals surface area (Å²) in [5.74, 6) is 0.943. The second kappa shape index (κ2) is 4.98. The highest BCUT2D eigenvalue weighted by molar-refractivity contribution is 7.18. The molecule has 92 valence electrons. The number of rotatable bonds is 4. The standard InChI is InChI=1S/C12H18N4S/c1-7(13-4)5-14-11-10-8(2)9(3)17-12(10)16-6-15-11/h6-7,13H,5H2,1-4H3,(H,14,15,16). The van der Waals surface area contributed by atoms with Gasteiger partial charge in [0.1, 0.15) is 17.0 Å². The van der Waals surface area contributed by atoms with E-state index in [1.54, 1.807) is 17.7 Å². The average molecular weight is 250 g/mol. The van der Waals surface area contributed by atoms with Gasteiger partial charge in [0.25, 0.3) is 0 Å². The van der Waals surface area contributed by atoms with Gasteiger partial charge in [-0.25, -0.2) is 9.97 Å². The van der Waals surface area contributed by atoms with Gasteiger partial charge in [-0.05, 0) is 33.4 Å². The highest BCUT2D eigenvalue weighted by Gasteiger charge is 2.11. The molecule has 2 rings (SSSR count). The van der Waals surface area contributed by atoms with Crippen LogP contribution in [0, 0.1) is 13.8 Å². The Morgan fingerprint density at radius 1 is 1.35 bits per heavy atom. The first-order chi connectivity index (χ1) is 8.13. The number of likely N-dealkylation sites (N-methyl/N-ethyl adjacent to an activating group) is 1. The lowest BCUT2D eigenvalue weighted by atomic mass is 10.2. The summed E-state index contributed by atoms with van der Waals surface area (Å²) >= 11 is 1.73. The Labute approximate surface area is 105 Å². The molecule has 17 heavy (non-hydrogen) atoms. The minimum Gasteiger partial charge on any atom is -0.368 e. The summed E-state index contributed by atoms with van der Waals surface area (Å²) in [4.78, 5) is 11.0. The number of thiophene rings is 1. The molecular weight excluding hydrogens is 232 g/mol. The quantitative estimate of drug-likeness (QED) is 0.874. The maximum Gasteiger partial charge on any atom is 0.138 e. The summed E-state index contributed by atoms with van der Waals surface area (Å²) < 4.78 is 0. The van der Waals surface area contributed by atoms with Gasteiger partial charge >= 0.3 is 0 Å². The number of hydrogen-bond acceptors (Lipinski definition) is 5. The van der Waals surface area contributed by atoms with Gasteiger partial charge in [0.2, 0.25) is 0 Å². The van der Waals surface area contributed by atoms with Gasteiger partial charge in [0, 0.05) is 17.5 Å². The van der Waals surface area contributed by atoms with E-state index >= 15 is 0 Å². The lowest BCUT2D eigenvalue weighted by Crippen LogP contribution is -2.29. The second-order valence-electron chi connectivity index (χ2n) is 4.26. The van der Waals surface area contributed by atoms with Crippen LogP contribution >= 0.6 is 11.3 Å². The van der Waals surface area contributed by atoms with Crippen LogP contribution in [0.3, 0.4) is 0 Å². The molecule has 0 saturated heterocycles. The van der Waals surface area contributed by atoms with Crippen molar-refractivity contribution in [3.63, 3.8) is 0 Å². The zero-order chi connectivity index (χ0) is 12.4. The molecule has 0 aliphatic carbocycles. The van der Waals surface area contributed by atoms with Crippen molar-refractivity contribution >= 4 is 27.4 Å². The van der Waals surface area contributed by atoms with Gasteiger partial charge in [-0.1, -0.05) is 0 Å². The Morgan fingerprint density at radius 3 is 2.82 bits per heavy atom. The van der Waals surface area contributed by atoms with E-state index in [9.17, 15) is 0 Å². The summed E-state index contributed by atoms with van der Waals surface area (Å²) in [5.41, 5.74) is 1.28. The zero-order valence-electron chi connectivity index (χ0n) is 10.7. The van der Waals surface area contributed by atoms with Crippen molar-refractivity contribution in [2.45, 2.75) is 26.8 Å². The Kier molecular flexibility index (Phi) is 3.59. The monoisotopic (exact) mass is 250 g/mol. The van der Waals surface area contributed by atoms with E-state index in [-0.39, 0.29) is 0 Å². The Morgan fingerprint density at radius 2 is 2.12 bits per heavy atom. The molecule has 0 aliphatic heterocycles. The Hall–Kier alpha value is -1.20. The molecule has 2 aromatic rings. The maximum absolute atomic E-state index is 4.34. The summed E-state index contributed by atoms with van der Waals surface area (Å²) in [6, 6.07) is 0.417. The molecule has 0 aliphatic rings. The number of anilines is 1. The molecule has 0 aromatic carbocycles. The van der Waals surface area contributed by atoms with Crippen LogP contribution in [0.15, 0.2) is 6.33 Å². The van der Waals surface area contributed by atoms with E-state index in [1.807, 2.05) is 7.05 Å². The summed E-state index contributed by atoms with van der Waals surface area (Å²) in [6.07, 6.45) is 1.63. The molecule has 5 heteroatoms. The van der Waals surface area contributed by atoms with E-state index in [2.05, 4.69) is 41.4 Å². The van der Waals surface area contributed by atoms with Crippen molar-refractivity contribution < 1.29 is 0 Å². The van der Waals surface area contributed by atoms with Crippen molar-refractivity contribution in [2.75, 3.05) is 18.9 Å². The van der Waals surface area contributed by atoms with Crippen LogP contribution in [-0.4, -0.2) is 29.6 Å². The first-order valence-electron chi connectivity index (χ1n) is 5.75. The smallest absolute Gasteiger partial charge is 0.138 e. The Bertz CT molecular complexity index is 520. The third-order valence-electron chi connectivity index (χ3n) is 3.03. The third kappa shape index (κ3) is 2.40. The van der Waals surface area contributed by atoms with E-state index in [0.29, 0.717) is 6.04 Å². The largest absolute Gasteiger partial charge is 0.368 e. The topological polar surface area (TPSA) is 49.8 Å². The average Bonchev–Trinajstić information content (AvgIpc) is 2.63. The molecular formula is C12H18N4S. The highest BCUT2D eigenvalue weighted by atomic mass is 32.1. The lowest BCUT2D eigenvalue weighted by Gasteiger charge is -2.12. The predicted molar refractivity (Wildman–Crippen MR) is 73.9 cm³/mol. The molecule has 0 saturated carbocycles. The molecule has 0 radical (unpaired) electrons. The van der Waals surface area contributed by atoms with Gasteiger partial charge in [-0.15, -0.1) is 11.3 Å². The number of hydrogen-bond donors (Lipinski definition) is 2. The second-order valence-corrected chi connectivity index (χ2v) is 5.46. The highest BCUT2D eigenvalue weighted by Crippen LogP contribution is 2.32. The van der Waals surface area contributed by atoms with Crippen LogP contribution in [0.5, 0.6) is 0 Å². The molecule has 0 fully saturated rings. The SMILES string of the molecule is CNC(C)CNc1ncnc2sc(C)c(C)c12. The number of aryl methyl sites for hydroxylation is 2. The van der Waals surface area contributed by atoms with E-state index in [1.165, 1.54) is 15.8 Å². The first-order valence-corrected chi connectivity index (χ1v) is 6.57. The van der Waals surface area contributed by atoms with Crippen LogP contribution in [0.4, 0.5) is 5.82 Å². The first kappa shape index (κ1) is 12.3. The number of nitrogens with zero attached hydrogens (tertiary/aromatic N) is 2. The molecule has 0 amide bonds. The molecule has 4 nitrogen and oxygen atoms in total. The van der Waals surface area contributed by atoms with Gasteiger partial charge in [0.05, 0.1) is 5.39 Å². The molecule has 0 bridgehead atoms. The third-order valence-corrected chi connectivity index (χ3v) is 4.15. The zero-order valence-corrected chi connectivity index (χ0v) is 11.5. The van der Waals surface area contributed by atoms with E-state index in [4.69, 9.17) is 0 Å². The number of fused-ring (bicyclic) bond motifs is 1. The maximum atomic E-state index is 4.34. The normalized spacial score (nSPS) is 12.9. The van der Waals surface area contributed by atoms with Crippen LogP contribution in [0.2, 0.25) is 0 Å². The van der Waals surface area contributed by atoms with Crippen LogP contribution in [0.1, 0.15) is 17.4 Å². The van der Waals surface area contributed by atoms with Crippen molar-refractivity contribution in [1.29, 1.82) is 0 Å². The van der Waals surface area contributed by atoms with Crippen molar-refractivity contribution in [1.82, 2.24) is 15.3 Å². The van der Waals surface area contributed by atoms with Gasteiger partial charge in [-0.2, -0.15) is 0 Å². The van der Waals surface area contributed by atoms with Crippen LogP contribution < -0.4 is 10.6 Å². The predicted octanol–water partition coefficient (Wildman–Crippen LogP) is 2.33. The van der Waals surface area contributed by atoms with Crippen molar-refractivity contribution in [3.8, 4) is 0 Å². The molecule has 2 N–H and O–H groups in total. The van der Waals surface area contributed by atoms with Crippen molar-refractivity contribution in [2.24, 2.45) is 0 Å². The van der Waals surface area contributed by atoms with E-state index in [0.717, 1.165) is 17.2 Å². The minimum atomic E-state index is 0.417. The minimum absolute atomic E-state index is 0.417. The van der Waals surface area contributed by atoms with Gasteiger partial charge < -0.3 is 10.6 Å². The van der Waals surface area contributed by atoms with Crippen molar-refractivity contribution in [3.05, 3.63) is 16.8 Å².